The van der Waals surface area contributed by atoms with Crippen molar-refractivity contribution < 1.29 is 23.8 Å². The van der Waals surface area contributed by atoms with Crippen molar-refractivity contribution in [1.29, 1.82) is 0 Å². The third-order valence-electron chi connectivity index (χ3n) is 3.09. The van der Waals surface area contributed by atoms with Crippen LogP contribution in [-0.4, -0.2) is 56.9 Å². The van der Waals surface area contributed by atoms with Crippen molar-refractivity contribution in [2.75, 3.05) is 34.4 Å². The van der Waals surface area contributed by atoms with Crippen molar-refractivity contribution in [1.82, 2.24) is 10.2 Å². The van der Waals surface area contributed by atoms with E-state index in [1.54, 1.807) is 53.1 Å². The second-order valence-electron chi connectivity index (χ2n) is 6.22. The molecular formula is C17H26N2O5. The first-order valence-electron chi connectivity index (χ1n) is 7.62. The molecule has 134 valence electrons. The first-order valence-corrected chi connectivity index (χ1v) is 7.62. The van der Waals surface area contributed by atoms with Crippen LogP contribution in [0.3, 0.4) is 0 Å². The number of nitrogens with one attached hydrogen (secondary N) is 1. The SMILES string of the molecule is COc1ccc(C(=O)NCCN(C)C(=O)OC(C)(C)C)c(OC)c1. The molecule has 7 nitrogen and oxygen atoms in total. The van der Waals surface area contributed by atoms with Gasteiger partial charge in [-0.05, 0) is 32.9 Å². The summed E-state index contributed by atoms with van der Waals surface area (Å²) in [4.78, 5) is 25.5. The Balaban J connectivity index is 2.56. The molecule has 2 amide bonds. The number of amides is 2. The summed E-state index contributed by atoms with van der Waals surface area (Å²) in [5, 5.41) is 2.75. The van der Waals surface area contributed by atoms with Crippen LogP contribution in [0.25, 0.3) is 0 Å². The Hall–Kier alpha value is -2.44. The highest BCUT2D eigenvalue weighted by Gasteiger charge is 2.19. The predicted molar refractivity (Wildman–Crippen MR) is 90.7 cm³/mol. The van der Waals surface area contributed by atoms with E-state index in [9.17, 15) is 9.59 Å². The Kier molecular flexibility index (Phi) is 6.88. The number of likely N-dealkylation sites (N-methyl/N-ethyl adjacent to an activating group) is 1. The monoisotopic (exact) mass is 338 g/mol. The highest BCUT2D eigenvalue weighted by Crippen LogP contribution is 2.24. The fourth-order valence-corrected chi connectivity index (χ4v) is 1.85. The number of methoxy groups -OCH3 is 2. The lowest BCUT2D eigenvalue weighted by Gasteiger charge is -2.24. The number of benzene rings is 1. The van der Waals surface area contributed by atoms with E-state index < -0.39 is 11.7 Å². The molecule has 1 aromatic carbocycles. The number of nitrogens with zero attached hydrogens (tertiary/aromatic N) is 1. The van der Waals surface area contributed by atoms with E-state index in [0.717, 1.165) is 0 Å². The number of rotatable bonds is 6. The summed E-state index contributed by atoms with van der Waals surface area (Å²) in [7, 11) is 4.65. The summed E-state index contributed by atoms with van der Waals surface area (Å²) in [6.45, 7) is 6.03. The van der Waals surface area contributed by atoms with E-state index >= 15 is 0 Å². The number of carbonyl (C=O) groups excluding carboxylic acids is 2. The van der Waals surface area contributed by atoms with Crippen LogP contribution in [0, 0.1) is 0 Å². The van der Waals surface area contributed by atoms with Gasteiger partial charge in [0.2, 0.25) is 0 Å². The van der Waals surface area contributed by atoms with Gasteiger partial charge < -0.3 is 24.4 Å². The molecule has 1 rings (SSSR count). The molecule has 0 fully saturated rings. The van der Waals surface area contributed by atoms with Gasteiger partial charge in [-0.15, -0.1) is 0 Å². The Labute approximate surface area is 142 Å². The van der Waals surface area contributed by atoms with E-state index in [2.05, 4.69) is 5.32 Å². The number of hydrogen-bond acceptors (Lipinski definition) is 5. The standard InChI is InChI=1S/C17H26N2O5/c1-17(2,3)24-16(21)19(4)10-9-18-15(20)13-8-7-12(22-5)11-14(13)23-6/h7-8,11H,9-10H2,1-6H3,(H,18,20). The molecule has 0 aromatic heterocycles. The van der Waals surface area contributed by atoms with Crippen LogP contribution < -0.4 is 14.8 Å². The van der Waals surface area contributed by atoms with Crippen molar-refractivity contribution >= 4 is 12.0 Å². The highest BCUT2D eigenvalue weighted by atomic mass is 16.6. The Morgan fingerprint density at radius 1 is 1.17 bits per heavy atom. The van der Waals surface area contributed by atoms with E-state index in [-0.39, 0.29) is 5.91 Å². The molecule has 0 saturated carbocycles. The Morgan fingerprint density at radius 2 is 1.83 bits per heavy atom. The predicted octanol–water partition coefficient (Wildman–Crippen LogP) is 2.30. The minimum Gasteiger partial charge on any atom is -0.497 e. The minimum atomic E-state index is -0.551. The van der Waals surface area contributed by atoms with Gasteiger partial charge in [0.1, 0.15) is 17.1 Å². The first-order chi connectivity index (χ1) is 11.2. The van der Waals surface area contributed by atoms with Gasteiger partial charge in [-0.1, -0.05) is 0 Å². The molecule has 0 heterocycles. The summed E-state index contributed by atoms with van der Waals surface area (Å²) in [5.74, 6) is 0.743. The summed E-state index contributed by atoms with van der Waals surface area (Å²) < 4.78 is 15.5. The molecule has 0 spiro atoms. The van der Waals surface area contributed by atoms with Crippen molar-refractivity contribution in [3.8, 4) is 11.5 Å². The quantitative estimate of drug-likeness (QED) is 0.861. The van der Waals surface area contributed by atoms with Gasteiger partial charge in [-0.25, -0.2) is 4.79 Å². The average molecular weight is 338 g/mol. The fourth-order valence-electron chi connectivity index (χ4n) is 1.85. The molecule has 24 heavy (non-hydrogen) atoms. The van der Waals surface area contributed by atoms with Crippen LogP contribution in [0.4, 0.5) is 4.79 Å². The summed E-state index contributed by atoms with van der Waals surface area (Å²) in [5.41, 5.74) is -0.149. The molecule has 0 aliphatic heterocycles. The summed E-state index contributed by atoms with van der Waals surface area (Å²) >= 11 is 0. The van der Waals surface area contributed by atoms with Crippen LogP contribution in [-0.2, 0) is 4.74 Å². The molecule has 0 saturated heterocycles. The lowest BCUT2D eigenvalue weighted by molar-refractivity contribution is 0.0299. The molecule has 1 N–H and O–H groups in total. The van der Waals surface area contributed by atoms with Crippen molar-refractivity contribution in [2.24, 2.45) is 0 Å². The van der Waals surface area contributed by atoms with Gasteiger partial charge in [-0.2, -0.15) is 0 Å². The largest absolute Gasteiger partial charge is 0.497 e. The molecule has 0 bridgehead atoms. The van der Waals surface area contributed by atoms with Gasteiger partial charge in [0.05, 0.1) is 19.8 Å². The second kappa shape index (κ2) is 8.42. The van der Waals surface area contributed by atoms with E-state index in [4.69, 9.17) is 14.2 Å². The molecule has 0 aliphatic rings. The number of ether oxygens (including phenoxy) is 3. The first kappa shape index (κ1) is 19.6. The molecule has 0 aliphatic carbocycles. The Morgan fingerprint density at radius 3 is 2.38 bits per heavy atom. The lowest BCUT2D eigenvalue weighted by Crippen LogP contribution is -2.39. The van der Waals surface area contributed by atoms with Crippen LogP contribution in [0.5, 0.6) is 11.5 Å². The van der Waals surface area contributed by atoms with E-state index in [1.807, 2.05) is 0 Å². The van der Waals surface area contributed by atoms with E-state index in [1.165, 1.54) is 12.0 Å². The van der Waals surface area contributed by atoms with Crippen LogP contribution in [0.2, 0.25) is 0 Å². The van der Waals surface area contributed by atoms with Gasteiger partial charge in [0, 0.05) is 26.2 Å². The fraction of sp³-hybridized carbons (Fsp3) is 0.529. The molecule has 0 radical (unpaired) electrons. The van der Waals surface area contributed by atoms with Crippen LogP contribution in [0.1, 0.15) is 31.1 Å². The van der Waals surface area contributed by atoms with Crippen LogP contribution in [0.15, 0.2) is 18.2 Å². The average Bonchev–Trinajstić information content (AvgIpc) is 2.52. The second-order valence-corrected chi connectivity index (χ2v) is 6.22. The zero-order valence-electron chi connectivity index (χ0n) is 15.1. The maximum atomic E-state index is 12.2. The number of hydrogen-bond donors (Lipinski definition) is 1. The van der Waals surface area contributed by atoms with Crippen molar-refractivity contribution in [3.05, 3.63) is 23.8 Å². The van der Waals surface area contributed by atoms with E-state index in [0.29, 0.717) is 30.2 Å². The maximum absolute atomic E-state index is 12.2. The molecule has 1 aromatic rings. The molecule has 7 heteroatoms. The summed E-state index contributed by atoms with van der Waals surface area (Å²) in [6, 6.07) is 4.95. The van der Waals surface area contributed by atoms with Gasteiger partial charge >= 0.3 is 6.09 Å². The zero-order chi connectivity index (χ0) is 18.3. The topological polar surface area (TPSA) is 77.1 Å². The van der Waals surface area contributed by atoms with Gasteiger partial charge in [0.15, 0.2) is 0 Å². The van der Waals surface area contributed by atoms with Crippen LogP contribution >= 0.6 is 0 Å². The summed E-state index contributed by atoms with van der Waals surface area (Å²) in [6.07, 6.45) is -0.432. The zero-order valence-corrected chi connectivity index (χ0v) is 15.1. The highest BCUT2D eigenvalue weighted by molar-refractivity contribution is 5.97. The molecule has 0 unspecified atom stereocenters. The minimum absolute atomic E-state index is 0.285. The Bertz CT molecular complexity index is 581. The smallest absolute Gasteiger partial charge is 0.410 e. The third-order valence-corrected chi connectivity index (χ3v) is 3.09. The van der Waals surface area contributed by atoms with Crippen molar-refractivity contribution in [3.63, 3.8) is 0 Å². The normalized spacial score (nSPS) is 10.8. The van der Waals surface area contributed by atoms with Gasteiger partial charge in [0.25, 0.3) is 5.91 Å². The maximum Gasteiger partial charge on any atom is 0.410 e. The third kappa shape index (κ3) is 5.98. The lowest BCUT2D eigenvalue weighted by atomic mass is 10.1. The molecule has 0 atom stereocenters. The number of carbonyl (C=O) groups is 2. The molecular weight excluding hydrogens is 312 g/mol. The van der Waals surface area contributed by atoms with Gasteiger partial charge in [-0.3, -0.25) is 4.79 Å². The van der Waals surface area contributed by atoms with Crippen molar-refractivity contribution in [2.45, 2.75) is 26.4 Å².